The molecular formula is C22H25N3O2S. The molecule has 6 heteroatoms. The lowest BCUT2D eigenvalue weighted by Crippen LogP contribution is -2.22. The molecule has 146 valence electrons. The van der Waals surface area contributed by atoms with Gasteiger partial charge in [-0.25, -0.2) is 4.98 Å². The third-order valence-corrected chi connectivity index (χ3v) is 6.70. The lowest BCUT2D eigenvalue weighted by Gasteiger charge is -2.22. The van der Waals surface area contributed by atoms with Gasteiger partial charge in [-0.3, -0.25) is 4.79 Å². The number of rotatable bonds is 5. The van der Waals surface area contributed by atoms with E-state index in [2.05, 4.69) is 18.3 Å². The van der Waals surface area contributed by atoms with Crippen LogP contribution in [0.15, 0.2) is 30.3 Å². The fourth-order valence-electron chi connectivity index (χ4n) is 3.79. The number of hydrogen-bond acceptors (Lipinski definition) is 5. The molecule has 0 saturated carbocycles. The van der Waals surface area contributed by atoms with Crippen LogP contribution >= 0.6 is 11.3 Å². The number of pyridine rings is 1. The summed E-state index contributed by atoms with van der Waals surface area (Å²) in [5.41, 5.74) is 10.4. The van der Waals surface area contributed by atoms with Gasteiger partial charge in [0.1, 0.15) is 15.5 Å². The summed E-state index contributed by atoms with van der Waals surface area (Å²) in [5, 5.41) is 3.88. The zero-order chi connectivity index (χ0) is 19.7. The second-order valence-electron chi connectivity index (χ2n) is 7.34. The van der Waals surface area contributed by atoms with Gasteiger partial charge in [0.25, 0.3) is 5.91 Å². The second kappa shape index (κ2) is 7.80. The Balaban J connectivity index is 1.54. The van der Waals surface area contributed by atoms with E-state index in [4.69, 9.17) is 15.5 Å². The number of carbonyl (C=O) groups is 1. The molecule has 4 rings (SSSR count). The average molecular weight is 396 g/mol. The number of anilines is 1. The van der Waals surface area contributed by atoms with E-state index in [1.165, 1.54) is 35.4 Å². The molecule has 0 saturated heterocycles. The van der Waals surface area contributed by atoms with Crippen LogP contribution in [0, 0.1) is 5.92 Å². The lowest BCUT2D eigenvalue weighted by atomic mass is 9.85. The number of benzene rings is 1. The van der Waals surface area contributed by atoms with Crippen molar-refractivity contribution in [2.45, 2.75) is 39.2 Å². The molecule has 1 atom stereocenters. The second-order valence-corrected chi connectivity index (χ2v) is 8.34. The highest BCUT2D eigenvalue weighted by Gasteiger charge is 2.23. The lowest BCUT2D eigenvalue weighted by molar-refractivity contribution is 0.0956. The number of aryl methyl sites for hydroxylation is 1. The summed E-state index contributed by atoms with van der Waals surface area (Å²) in [6.07, 6.45) is 4.46. The first-order valence-corrected chi connectivity index (χ1v) is 10.5. The van der Waals surface area contributed by atoms with Gasteiger partial charge in [0.05, 0.1) is 12.8 Å². The molecule has 2 heterocycles. The van der Waals surface area contributed by atoms with Crippen molar-refractivity contribution < 1.29 is 9.53 Å². The minimum Gasteiger partial charge on any atom is -0.497 e. The van der Waals surface area contributed by atoms with E-state index in [0.29, 0.717) is 17.1 Å². The molecule has 0 radical (unpaired) electrons. The number of nitrogens with two attached hydrogens (primary N) is 1. The monoisotopic (exact) mass is 395 g/mol. The average Bonchev–Trinajstić information content (AvgIpc) is 3.06. The Morgan fingerprint density at radius 1 is 1.36 bits per heavy atom. The minimum absolute atomic E-state index is 0.152. The van der Waals surface area contributed by atoms with Crippen LogP contribution in [0.2, 0.25) is 0 Å². The Morgan fingerprint density at radius 2 is 2.14 bits per heavy atom. The number of amides is 1. The molecule has 3 N–H and O–H groups in total. The van der Waals surface area contributed by atoms with Crippen molar-refractivity contribution in [3.8, 4) is 5.75 Å². The topological polar surface area (TPSA) is 77.2 Å². The largest absolute Gasteiger partial charge is 0.497 e. The highest BCUT2D eigenvalue weighted by atomic mass is 32.1. The molecule has 5 nitrogen and oxygen atoms in total. The third-order valence-electron chi connectivity index (χ3n) is 5.58. The van der Waals surface area contributed by atoms with Crippen LogP contribution in [-0.4, -0.2) is 18.0 Å². The van der Waals surface area contributed by atoms with Crippen molar-refractivity contribution in [1.82, 2.24) is 10.3 Å². The van der Waals surface area contributed by atoms with E-state index >= 15 is 0 Å². The number of nitrogens with one attached hydrogen (secondary N) is 1. The molecular weight excluding hydrogens is 370 g/mol. The van der Waals surface area contributed by atoms with Crippen LogP contribution in [0.5, 0.6) is 5.75 Å². The molecule has 1 aromatic carbocycles. The van der Waals surface area contributed by atoms with Gasteiger partial charge in [-0.1, -0.05) is 25.5 Å². The molecule has 1 amide bonds. The molecule has 1 aliphatic rings. The Hall–Kier alpha value is -2.60. The zero-order valence-corrected chi connectivity index (χ0v) is 17.1. The van der Waals surface area contributed by atoms with E-state index in [1.807, 2.05) is 24.3 Å². The standard InChI is InChI=1S/C22H25N3O2S/c1-3-13-6-9-18-15(10-13)11-17-19(23)20(28-22(17)25-18)21(26)24-12-14-4-7-16(27-2)8-5-14/h4-5,7-8,11,13H,3,6,9-10,12,23H2,1-2H3,(H,24,26)/t13-/m0/s1. The van der Waals surface area contributed by atoms with Crippen LogP contribution in [0.25, 0.3) is 10.2 Å². The Kier molecular flexibility index (Phi) is 5.22. The maximum atomic E-state index is 12.7. The summed E-state index contributed by atoms with van der Waals surface area (Å²) in [4.78, 5) is 19.0. The highest BCUT2D eigenvalue weighted by molar-refractivity contribution is 7.21. The fraction of sp³-hybridized carbons (Fsp3) is 0.364. The van der Waals surface area contributed by atoms with Crippen molar-refractivity contribution in [1.29, 1.82) is 0 Å². The summed E-state index contributed by atoms with van der Waals surface area (Å²) in [5.74, 6) is 1.36. The first kappa shape index (κ1) is 18.7. The number of carbonyl (C=O) groups excluding carboxylic acids is 1. The van der Waals surface area contributed by atoms with Gasteiger partial charge in [-0.2, -0.15) is 0 Å². The number of fused-ring (bicyclic) bond motifs is 2. The Morgan fingerprint density at radius 3 is 2.86 bits per heavy atom. The Bertz CT molecular complexity index is 1010. The van der Waals surface area contributed by atoms with E-state index in [0.717, 1.165) is 40.3 Å². The zero-order valence-electron chi connectivity index (χ0n) is 16.2. The van der Waals surface area contributed by atoms with Crippen molar-refractivity contribution in [2.75, 3.05) is 12.8 Å². The molecule has 3 aromatic rings. The van der Waals surface area contributed by atoms with Gasteiger partial charge in [0.2, 0.25) is 0 Å². The minimum atomic E-state index is -0.152. The van der Waals surface area contributed by atoms with Crippen LogP contribution < -0.4 is 15.8 Å². The van der Waals surface area contributed by atoms with Crippen LogP contribution in [0.4, 0.5) is 5.69 Å². The van der Waals surface area contributed by atoms with Crippen molar-refractivity contribution in [3.05, 3.63) is 52.0 Å². The number of thiophene rings is 1. The maximum absolute atomic E-state index is 12.7. The number of aromatic nitrogens is 1. The van der Waals surface area contributed by atoms with Crippen molar-refractivity contribution in [3.63, 3.8) is 0 Å². The maximum Gasteiger partial charge on any atom is 0.263 e. The summed E-state index contributed by atoms with van der Waals surface area (Å²) in [7, 11) is 1.63. The van der Waals surface area contributed by atoms with Gasteiger partial charge in [0.15, 0.2) is 0 Å². The summed E-state index contributed by atoms with van der Waals surface area (Å²) in [6, 6.07) is 9.80. The molecule has 2 aromatic heterocycles. The molecule has 1 aliphatic carbocycles. The molecule has 0 aliphatic heterocycles. The summed E-state index contributed by atoms with van der Waals surface area (Å²) in [6.45, 7) is 2.68. The normalized spacial score (nSPS) is 16.0. The van der Waals surface area contributed by atoms with Crippen molar-refractivity contribution in [2.24, 2.45) is 5.92 Å². The quantitative estimate of drug-likeness (QED) is 0.674. The molecule has 28 heavy (non-hydrogen) atoms. The fourth-order valence-corrected chi connectivity index (χ4v) is 4.80. The van der Waals surface area contributed by atoms with E-state index in [1.54, 1.807) is 7.11 Å². The van der Waals surface area contributed by atoms with Crippen LogP contribution in [0.1, 0.15) is 46.3 Å². The number of nitrogens with zero attached hydrogens (tertiary/aromatic N) is 1. The van der Waals surface area contributed by atoms with Crippen LogP contribution in [-0.2, 0) is 19.4 Å². The predicted molar refractivity (Wildman–Crippen MR) is 114 cm³/mol. The summed E-state index contributed by atoms with van der Waals surface area (Å²) < 4.78 is 5.16. The van der Waals surface area contributed by atoms with Crippen molar-refractivity contribution >= 4 is 33.1 Å². The van der Waals surface area contributed by atoms with Gasteiger partial charge in [0, 0.05) is 17.6 Å². The SMILES string of the molecule is CC[C@H]1CCc2nc3sc(C(=O)NCc4ccc(OC)cc4)c(N)c3cc2C1. The van der Waals surface area contributed by atoms with Crippen LogP contribution in [0.3, 0.4) is 0 Å². The van der Waals surface area contributed by atoms with Gasteiger partial charge >= 0.3 is 0 Å². The molecule has 0 unspecified atom stereocenters. The first-order chi connectivity index (χ1) is 13.6. The number of nitrogen functional groups attached to an aromatic ring is 1. The van der Waals surface area contributed by atoms with Gasteiger partial charge in [-0.05, 0) is 54.5 Å². The number of methoxy groups -OCH3 is 1. The van der Waals surface area contributed by atoms with E-state index in [-0.39, 0.29) is 5.91 Å². The summed E-state index contributed by atoms with van der Waals surface area (Å²) >= 11 is 1.38. The van der Waals surface area contributed by atoms with E-state index < -0.39 is 0 Å². The first-order valence-electron chi connectivity index (χ1n) is 9.71. The molecule has 0 spiro atoms. The molecule has 0 bridgehead atoms. The van der Waals surface area contributed by atoms with Gasteiger partial charge < -0.3 is 15.8 Å². The number of hydrogen-bond donors (Lipinski definition) is 2. The Labute approximate surface area is 168 Å². The highest BCUT2D eigenvalue weighted by Crippen LogP contribution is 2.36. The molecule has 0 fully saturated rings. The third kappa shape index (κ3) is 3.56. The van der Waals surface area contributed by atoms with E-state index in [9.17, 15) is 4.79 Å². The van der Waals surface area contributed by atoms with Gasteiger partial charge in [-0.15, -0.1) is 11.3 Å². The smallest absolute Gasteiger partial charge is 0.263 e. The predicted octanol–water partition coefficient (Wildman–Crippen LogP) is 4.33. The number of ether oxygens (including phenoxy) is 1.